The van der Waals surface area contributed by atoms with Crippen LogP contribution < -0.4 is 0 Å². The van der Waals surface area contributed by atoms with Gasteiger partial charge in [-0.15, -0.1) is 5.10 Å². The van der Waals surface area contributed by atoms with Gasteiger partial charge in [0.05, 0.1) is 11.9 Å². The second kappa shape index (κ2) is 11.2. The minimum Gasteiger partial charge on any atom is -0.374 e. The molecule has 0 aliphatic rings. The van der Waals surface area contributed by atoms with Crippen molar-refractivity contribution in [3.63, 3.8) is 0 Å². The predicted molar refractivity (Wildman–Crippen MR) is 103 cm³/mol. The molecule has 0 aromatic carbocycles. The summed E-state index contributed by atoms with van der Waals surface area (Å²) in [5, 5.41) is 8.38. The standard InChI is InChI=1S/C18H30N4O3Si/c1-4-23-26(24-5-2,25-6-3)15-11-7-10-14-22-16-18(20-21-22)17-12-8-9-13-19-17/h8-9,12-13,16H,4-7,10-11,14-15H2,1-3H3. The van der Waals surface area contributed by atoms with Crippen molar-refractivity contribution in [2.24, 2.45) is 0 Å². The number of pyridine rings is 1. The molecule has 26 heavy (non-hydrogen) atoms. The van der Waals surface area contributed by atoms with E-state index in [4.69, 9.17) is 13.3 Å². The van der Waals surface area contributed by atoms with E-state index >= 15 is 0 Å². The fraction of sp³-hybridized carbons (Fsp3) is 0.611. The number of hydrogen-bond acceptors (Lipinski definition) is 6. The number of nitrogens with zero attached hydrogens (tertiary/aromatic N) is 4. The molecule has 0 unspecified atom stereocenters. The second-order valence-electron chi connectivity index (χ2n) is 5.87. The van der Waals surface area contributed by atoms with Crippen molar-refractivity contribution in [3.8, 4) is 11.4 Å². The Morgan fingerprint density at radius 1 is 0.923 bits per heavy atom. The van der Waals surface area contributed by atoms with Crippen LogP contribution in [0.15, 0.2) is 30.6 Å². The molecule has 2 aromatic heterocycles. The lowest BCUT2D eigenvalue weighted by molar-refractivity contribution is 0.0706. The largest absolute Gasteiger partial charge is 0.500 e. The van der Waals surface area contributed by atoms with Gasteiger partial charge in [0.2, 0.25) is 0 Å². The van der Waals surface area contributed by atoms with Crippen LogP contribution in [0.3, 0.4) is 0 Å². The van der Waals surface area contributed by atoms with Crippen molar-refractivity contribution in [1.29, 1.82) is 0 Å². The third kappa shape index (κ3) is 6.28. The highest BCUT2D eigenvalue weighted by Crippen LogP contribution is 2.20. The van der Waals surface area contributed by atoms with Crippen molar-refractivity contribution in [2.45, 2.75) is 52.6 Å². The van der Waals surface area contributed by atoms with Gasteiger partial charge in [0.1, 0.15) is 5.69 Å². The van der Waals surface area contributed by atoms with E-state index in [9.17, 15) is 0 Å². The summed E-state index contributed by atoms with van der Waals surface area (Å²) in [6.07, 6.45) is 6.83. The molecule has 0 amide bonds. The quantitative estimate of drug-likeness (QED) is 0.392. The summed E-state index contributed by atoms with van der Waals surface area (Å²) in [6.45, 7) is 8.69. The van der Waals surface area contributed by atoms with Gasteiger partial charge in [-0.1, -0.05) is 17.7 Å². The molecule has 0 aliphatic heterocycles. The smallest absolute Gasteiger partial charge is 0.374 e. The summed E-state index contributed by atoms with van der Waals surface area (Å²) in [5.74, 6) is 0. The first-order valence-electron chi connectivity index (χ1n) is 9.46. The summed E-state index contributed by atoms with van der Waals surface area (Å²) in [4.78, 5) is 4.30. The molecule has 2 heterocycles. The number of aromatic nitrogens is 4. The topological polar surface area (TPSA) is 71.3 Å². The first-order valence-corrected chi connectivity index (χ1v) is 11.4. The van der Waals surface area contributed by atoms with Crippen molar-refractivity contribution in [2.75, 3.05) is 19.8 Å². The maximum atomic E-state index is 5.89. The summed E-state index contributed by atoms with van der Waals surface area (Å²) < 4.78 is 19.5. The molecule has 2 rings (SSSR count). The Labute approximate surface area is 157 Å². The lowest BCUT2D eigenvalue weighted by Crippen LogP contribution is -2.45. The fourth-order valence-corrected chi connectivity index (χ4v) is 5.52. The molecule has 0 bridgehead atoms. The van der Waals surface area contributed by atoms with Gasteiger partial charge >= 0.3 is 8.80 Å². The molecule has 0 saturated heterocycles. The van der Waals surface area contributed by atoms with Crippen LogP contribution >= 0.6 is 0 Å². The third-order valence-corrected chi connectivity index (χ3v) is 7.08. The monoisotopic (exact) mass is 378 g/mol. The van der Waals surface area contributed by atoms with Crippen molar-refractivity contribution in [3.05, 3.63) is 30.6 Å². The zero-order valence-corrected chi connectivity index (χ0v) is 17.1. The van der Waals surface area contributed by atoms with E-state index in [1.165, 1.54) is 0 Å². The fourth-order valence-electron chi connectivity index (χ4n) is 2.83. The summed E-state index contributed by atoms with van der Waals surface area (Å²) in [5.41, 5.74) is 1.65. The maximum Gasteiger partial charge on any atom is 0.500 e. The van der Waals surface area contributed by atoms with Crippen LogP contribution in [0.5, 0.6) is 0 Å². The van der Waals surface area contributed by atoms with Crippen LogP contribution in [-0.4, -0.2) is 48.6 Å². The van der Waals surface area contributed by atoms with E-state index in [0.29, 0.717) is 19.8 Å². The molecular weight excluding hydrogens is 348 g/mol. The molecule has 0 saturated carbocycles. The molecule has 0 spiro atoms. The van der Waals surface area contributed by atoms with Crippen LogP contribution in [0.2, 0.25) is 6.04 Å². The van der Waals surface area contributed by atoms with Gasteiger partial charge in [0.25, 0.3) is 0 Å². The van der Waals surface area contributed by atoms with Crippen molar-refractivity contribution in [1.82, 2.24) is 20.0 Å². The molecule has 8 heteroatoms. The van der Waals surface area contributed by atoms with Gasteiger partial charge in [-0.25, -0.2) is 0 Å². The normalized spacial score (nSPS) is 11.8. The summed E-state index contributed by atoms with van der Waals surface area (Å²) in [6, 6.07) is 6.64. The van der Waals surface area contributed by atoms with E-state index in [0.717, 1.165) is 43.2 Å². The molecule has 2 aromatic rings. The Bertz CT molecular complexity index is 607. The number of rotatable bonds is 13. The number of hydrogen-bond donors (Lipinski definition) is 0. The highest BCUT2D eigenvalue weighted by molar-refractivity contribution is 6.60. The van der Waals surface area contributed by atoms with Gasteiger partial charge in [-0.2, -0.15) is 0 Å². The minimum atomic E-state index is -2.51. The lowest BCUT2D eigenvalue weighted by Gasteiger charge is -2.28. The van der Waals surface area contributed by atoms with Crippen LogP contribution in [0.1, 0.15) is 40.0 Å². The van der Waals surface area contributed by atoms with Gasteiger partial charge in [-0.3, -0.25) is 9.67 Å². The Kier molecular flexibility index (Phi) is 8.89. The van der Waals surface area contributed by atoms with Gasteiger partial charge in [0, 0.05) is 38.6 Å². The molecule has 0 radical (unpaired) electrons. The summed E-state index contributed by atoms with van der Waals surface area (Å²) >= 11 is 0. The van der Waals surface area contributed by atoms with Crippen LogP contribution in [-0.2, 0) is 19.8 Å². The Balaban J connectivity index is 1.76. The third-order valence-electron chi connectivity index (χ3n) is 3.93. The Morgan fingerprint density at radius 2 is 1.65 bits per heavy atom. The molecule has 144 valence electrons. The molecule has 0 N–H and O–H groups in total. The molecular formula is C18H30N4O3Si. The van der Waals surface area contributed by atoms with Crippen molar-refractivity contribution < 1.29 is 13.3 Å². The Hall–Kier alpha value is -1.61. The molecule has 0 fully saturated rings. The predicted octanol–water partition coefficient (Wildman–Crippen LogP) is 3.56. The first kappa shape index (κ1) is 20.7. The SMILES string of the molecule is CCO[Si](CCCCCn1cc(-c2ccccn2)nn1)(OCC)OCC. The highest BCUT2D eigenvalue weighted by Gasteiger charge is 2.39. The second-order valence-corrected chi connectivity index (χ2v) is 8.61. The molecule has 0 atom stereocenters. The van der Waals surface area contributed by atoms with E-state index in [2.05, 4.69) is 15.3 Å². The molecule has 7 nitrogen and oxygen atoms in total. The van der Waals surface area contributed by atoms with E-state index < -0.39 is 8.80 Å². The zero-order valence-electron chi connectivity index (χ0n) is 16.1. The van der Waals surface area contributed by atoms with Crippen LogP contribution in [0.25, 0.3) is 11.4 Å². The average molecular weight is 379 g/mol. The van der Waals surface area contributed by atoms with Gasteiger partial charge < -0.3 is 13.3 Å². The van der Waals surface area contributed by atoms with E-state index in [1.54, 1.807) is 6.20 Å². The maximum absolute atomic E-state index is 5.89. The molecule has 0 aliphatic carbocycles. The van der Waals surface area contributed by atoms with Gasteiger partial charge in [-0.05, 0) is 45.7 Å². The van der Waals surface area contributed by atoms with E-state index in [1.807, 2.05) is 49.8 Å². The Morgan fingerprint density at radius 3 is 2.27 bits per heavy atom. The van der Waals surface area contributed by atoms with Crippen LogP contribution in [0.4, 0.5) is 0 Å². The number of unbranched alkanes of at least 4 members (excludes halogenated alkanes) is 2. The highest BCUT2D eigenvalue weighted by atomic mass is 28.4. The summed E-state index contributed by atoms with van der Waals surface area (Å²) in [7, 11) is -2.51. The van der Waals surface area contributed by atoms with Crippen LogP contribution in [0, 0.1) is 0 Å². The first-order chi connectivity index (χ1) is 12.7. The lowest BCUT2D eigenvalue weighted by atomic mass is 10.2. The van der Waals surface area contributed by atoms with E-state index in [-0.39, 0.29) is 0 Å². The van der Waals surface area contributed by atoms with Gasteiger partial charge in [0.15, 0.2) is 0 Å². The minimum absolute atomic E-state index is 0.626. The van der Waals surface area contributed by atoms with Crippen molar-refractivity contribution >= 4 is 8.80 Å². The zero-order chi connectivity index (χ0) is 18.7. The average Bonchev–Trinajstić information content (AvgIpc) is 3.12. The number of aryl methyl sites for hydroxylation is 1.